The van der Waals surface area contributed by atoms with E-state index in [0.717, 1.165) is 12.0 Å². The largest absolute Gasteiger partial charge is 0.488 e. The molecule has 0 heterocycles. The minimum absolute atomic E-state index is 0.0743. The molecular weight excluding hydrogens is 328 g/mol. The molecule has 0 aliphatic heterocycles. The van der Waals surface area contributed by atoms with E-state index >= 15 is 0 Å². The third-order valence-corrected chi connectivity index (χ3v) is 4.27. The van der Waals surface area contributed by atoms with Crippen LogP contribution >= 0.6 is 15.9 Å². The highest BCUT2D eigenvalue weighted by Gasteiger charge is 2.18. The van der Waals surface area contributed by atoms with Crippen molar-refractivity contribution in [3.05, 3.63) is 28.2 Å². The van der Waals surface area contributed by atoms with Gasteiger partial charge in [-0.3, -0.25) is 0 Å². The molecule has 1 aromatic carbocycles. The Morgan fingerprint density at radius 3 is 2.85 bits per heavy atom. The van der Waals surface area contributed by atoms with E-state index in [0.29, 0.717) is 23.7 Å². The zero-order valence-corrected chi connectivity index (χ0v) is 13.2. The van der Waals surface area contributed by atoms with E-state index in [2.05, 4.69) is 28.2 Å². The number of benzene rings is 1. The summed E-state index contributed by atoms with van der Waals surface area (Å²) in [5.74, 6) is -0.449. The lowest BCUT2D eigenvalue weighted by Crippen LogP contribution is -2.36. The van der Waals surface area contributed by atoms with Crippen LogP contribution < -0.4 is 10.1 Å². The van der Waals surface area contributed by atoms with Crippen LogP contribution in [0.5, 0.6) is 5.75 Å². The Morgan fingerprint density at radius 2 is 2.15 bits per heavy atom. The first-order valence-corrected chi connectivity index (χ1v) is 7.86. The minimum atomic E-state index is -0.678. The lowest BCUT2D eigenvalue weighted by molar-refractivity contribution is 0.259. The molecule has 0 spiro atoms. The summed E-state index contributed by atoms with van der Waals surface area (Å²) in [6, 6.07) is 2.56. The number of rotatable bonds is 5. The molecule has 2 atom stereocenters. The molecule has 1 aromatic rings. The van der Waals surface area contributed by atoms with Gasteiger partial charge in [0.1, 0.15) is 12.4 Å². The van der Waals surface area contributed by atoms with Crippen LogP contribution in [0.2, 0.25) is 0 Å². The van der Waals surface area contributed by atoms with Gasteiger partial charge in [0.2, 0.25) is 0 Å². The van der Waals surface area contributed by atoms with Crippen molar-refractivity contribution in [3.63, 3.8) is 0 Å². The van der Waals surface area contributed by atoms with Crippen LogP contribution in [0.25, 0.3) is 0 Å². The smallest absolute Gasteiger partial charge is 0.169 e. The van der Waals surface area contributed by atoms with Gasteiger partial charge in [-0.15, -0.1) is 0 Å². The van der Waals surface area contributed by atoms with Crippen molar-refractivity contribution >= 4 is 15.9 Å². The Kier molecular flexibility index (Phi) is 5.78. The zero-order chi connectivity index (χ0) is 14.5. The van der Waals surface area contributed by atoms with E-state index in [1.807, 2.05) is 0 Å². The van der Waals surface area contributed by atoms with Gasteiger partial charge in [0.05, 0.1) is 4.47 Å². The molecule has 1 saturated carbocycles. The Hall–Kier alpha value is -0.680. The molecular formula is C15H20BrF2NO. The Bertz CT molecular complexity index is 432. The van der Waals surface area contributed by atoms with E-state index in [4.69, 9.17) is 4.74 Å². The quantitative estimate of drug-likeness (QED) is 0.803. The van der Waals surface area contributed by atoms with Gasteiger partial charge >= 0.3 is 0 Å². The molecule has 0 amide bonds. The molecule has 2 rings (SSSR count). The first-order chi connectivity index (χ1) is 9.56. The maximum atomic E-state index is 13.5. The van der Waals surface area contributed by atoms with Gasteiger partial charge in [-0.1, -0.05) is 19.8 Å². The SMILES string of the molecule is CC1CCCC(NCCOc2c(F)cc(F)cc2Br)C1. The predicted octanol–water partition coefficient (Wildman–Crippen LogP) is 4.27. The first-order valence-electron chi connectivity index (χ1n) is 7.07. The lowest BCUT2D eigenvalue weighted by atomic mass is 9.87. The minimum Gasteiger partial charge on any atom is -0.488 e. The van der Waals surface area contributed by atoms with Crippen molar-refractivity contribution in [3.8, 4) is 5.75 Å². The average Bonchev–Trinajstić information content (AvgIpc) is 2.36. The fraction of sp³-hybridized carbons (Fsp3) is 0.600. The predicted molar refractivity (Wildman–Crippen MR) is 79.0 cm³/mol. The van der Waals surface area contributed by atoms with E-state index in [9.17, 15) is 8.78 Å². The molecule has 5 heteroatoms. The summed E-state index contributed by atoms with van der Waals surface area (Å²) in [6.07, 6.45) is 4.95. The van der Waals surface area contributed by atoms with Crippen LogP contribution in [0.4, 0.5) is 8.78 Å². The summed E-state index contributed by atoms with van der Waals surface area (Å²) in [4.78, 5) is 0. The summed E-state index contributed by atoms with van der Waals surface area (Å²) < 4.78 is 32.2. The molecule has 1 N–H and O–H groups in total. The molecule has 0 bridgehead atoms. The molecule has 2 nitrogen and oxygen atoms in total. The van der Waals surface area contributed by atoms with Crippen LogP contribution in [0.1, 0.15) is 32.6 Å². The van der Waals surface area contributed by atoms with E-state index < -0.39 is 11.6 Å². The van der Waals surface area contributed by atoms with E-state index in [-0.39, 0.29) is 5.75 Å². The summed E-state index contributed by atoms with van der Waals surface area (Å²) in [5, 5.41) is 3.44. The number of halogens is 3. The van der Waals surface area contributed by atoms with Gasteiger partial charge in [-0.2, -0.15) is 0 Å². The zero-order valence-electron chi connectivity index (χ0n) is 11.6. The molecule has 2 unspecified atom stereocenters. The van der Waals surface area contributed by atoms with Crippen LogP contribution in [0.3, 0.4) is 0 Å². The van der Waals surface area contributed by atoms with Crippen LogP contribution in [-0.4, -0.2) is 19.2 Å². The first kappa shape index (κ1) is 15.7. The Morgan fingerprint density at radius 1 is 1.35 bits per heavy atom. The highest BCUT2D eigenvalue weighted by atomic mass is 79.9. The van der Waals surface area contributed by atoms with Gasteiger partial charge in [-0.25, -0.2) is 8.78 Å². The van der Waals surface area contributed by atoms with Crippen molar-refractivity contribution in [2.45, 2.75) is 38.6 Å². The fourth-order valence-corrected chi connectivity index (χ4v) is 3.23. The normalized spacial score (nSPS) is 22.8. The summed E-state index contributed by atoms with van der Waals surface area (Å²) in [7, 11) is 0. The molecule has 1 aliphatic carbocycles. The van der Waals surface area contributed by atoms with E-state index in [1.54, 1.807) is 0 Å². The topological polar surface area (TPSA) is 21.3 Å². The Labute approximate surface area is 127 Å². The molecule has 0 aromatic heterocycles. The second-order valence-corrected chi connectivity index (χ2v) is 6.32. The monoisotopic (exact) mass is 347 g/mol. The molecule has 0 radical (unpaired) electrons. The molecule has 1 fully saturated rings. The summed E-state index contributed by atoms with van der Waals surface area (Å²) in [5.41, 5.74) is 0. The van der Waals surface area contributed by atoms with Crippen LogP contribution in [0.15, 0.2) is 16.6 Å². The molecule has 20 heavy (non-hydrogen) atoms. The van der Waals surface area contributed by atoms with Crippen molar-refractivity contribution in [2.24, 2.45) is 5.92 Å². The van der Waals surface area contributed by atoms with Crippen molar-refractivity contribution in [1.82, 2.24) is 5.32 Å². The molecule has 0 saturated heterocycles. The van der Waals surface area contributed by atoms with Gasteiger partial charge in [0.25, 0.3) is 0 Å². The lowest BCUT2D eigenvalue weighted by Gasteiger charge is -2.27. The second-order valence-electron chi connectivity index (χ2n) is 5.47. The van der Waals surface area contributed by atoms with Crippen molar-refractivity contribution in [1.29, 1.82) is 0 Å². The maximum Gasteiger partial charge on any atom is 0.169 e. The van der Waals surface area contributed by atoms with Crippen LogP contribution in [0, 0.1) is 17.6 Å². The molecule has 1 aliphatic rings. The molecule has 112 valence electrons. The van der Waals surface area contributed by atoms with Gasteiger partial charge in [-0.05, 0) is 40.8 Å². The number of ether oxygens (including phenoxy) is 1. The summed E-state index contributed by atoms with van der Waals surface area (Å²) in [6.45, 7) is 3.31. The fourth-order valence-electron chi connectivity index (χ4n) is 2.70. The van der Waals surface area contributed by atoms with Gasteiger partial charge in [0.15, 0.2) is 11.6 Å². The summed E-state index contributed by atoms with van der Waals surface area (Å²) >= 11 is 3.11. The Balaban J connectivity index is 1.76. The number of nitrogens with one attached hydrogen (secondary N) is 1. The van der Waals surface area contributed by atoms with Crippen molar-refractivity contribution < 1.29 is 13.5 Å². The van der Waals surface area contributed by atoms with Gasteiger partial charge < -0.3 is 10.1 Å². The average molecular weight is 348 g/mol. The third-order valence-electron chi connectivity index (χ3n) is 3.68. The number of hydrogen-bond acceptors (Lipinski definition) is 2. The second kappa shape index (κ2) is 7.36. The highest BCUT2D eigenvalue weighted by Crippen LogP contribution is 2.29. The van der Waals surface area contributed by atoms with Crippen LogP contribution in [-0.2, 0) is 0 Å². The van der Waals surface area contributed by atoms with Gasteiger partial charge in [0, 0.05) is 18.7 Å². The number of hydrogen-bond donors (Lipinski definition) is 1. The highest BCUT2D eigenvalue weighted by molar-refractivity contribution is 9.10. The maximum absolute atomic E-state index is 13.5. The third kappa shape index (κ3) is 4.42. The standard InChI is InChI=1S/C15H20BrF2NO/c1-10-3-2-4-12(7-10)19-5-6-20-15-13(16)8-11(17)9-14(15)18/h8-10,12,19H,2-7H2,1H3. The van der Waals surface area contributed by atoms with Crippen molar-refractivity contribution in [2.75, 3.05) is 13.2 Å². The van der Waals surface area contributed by atoms with E-state index in [1.165, 1.54) is 31.7 Å².